The van der Waals surface area contributed by atoms with Crippen molar-refractivity contribution < 1.29 is 23.5 Å². The van der Waals surface area contributed by atoms with Gasteiger partial charge in [0, 0.05) is 17.9 Å². The van der Waals surface area contributed by atoms with Crippen LogP contribution in [0, 0.1) is 5.82 Å². The van der Waals surface area contributed by atoms with Crippen LogP contribution < -0.4 is 10.2 Å². The molecule has 0 fully saturated rings. The van der Waals surface area contributed by atoms with E-state index in [0.717, 1.165) is 0 Å². The molecular formula is C20H16FN5O4. The Morgan fingerprint density at radius 2 is 2.00 bits per heavy atom. The number of rotatable bonds is 3. The molecule has 0 spiro atoms. The summed E-state index contributed by atoms with van der Waals surface area (Å²) in [4.78, 5) is 37.9. The average Bonchev–Trinajstić information content (AvgIpc) is 3.40. The highest BCUT2D eigenvalue weighted by molar-refractivity contribution is 6.44. The maximum atomic E-state index is 13.4. The molecule has 0 unspecified atom stereocenters. The normalized spacial score (nSPS) is 12.4. The predicted molar refractivity (Wildman–Crippen MR) is 104 cm³/mol. The Hall–Kier alpha value is -4.08. The van der Waals surface area contributed by atoms with Gasteiger partial charge in [-0.25, -0.2) is 13.9 Å². The van der Waals surface area contributed by atoms with E-state index in [-0.39, 0.29) is 11.5 Å². The summed E-state index contributed by atoms with van der Waals surface area (Å²) in [6.07, 6.45) is 1.87. The number of methoxy groups -OCH3 is 1. The molecule has 1 aliphatic rings. The number of nitrogens with one attached hydrogen (secondary N) is 1. The Labute approximate surface area is 170 Å². The van der Waals surface area contributed by atoms with Crippen molar-refractivity contribution in [1.82, 2.24) is 15.0 Å². The first kappa shape index (κ1) is 19.2. The van der Waals surface area contributed by atoms with E-state index in [1.165, 1.54) is 41.1 Å². The zero-order valence-electron chi connectivity index (χ0n) is 15.8. The van der Waals surface area contributed by atoms with Gasteiger partial charge in [0.2, 0.25) is 0 Å². The van der Waals surface area contributed by atoms with E-state index in [4.69, 9.17) is 0 Å². The van der Waals surface area contributed by atoms with Crippen LogP contribution in [-0.4, -0.2) is 46.4 Å². The Bertz CT molecular complexity index is 1160. The largest absolute Gasteiger partial charge is 0.464 e. The van der Waals surface area contributed by atoms with Crippen LogP contribution >= 0.6 is 0 Å². The quantitative estimate of drug-likeness (QED) is 0.522. The molecule has 0 radical (unpaired) electrons. The molecule has 9 nitrogen and oxygen atoms in total. The Morgan fingerprint density at radius 3 is 2.80 bits per heavy atom. The van der Waals surface area contributed by atoms with Crippen LogP contribution in [0.4, 0.5) is 15.8 Å². The summed E-state index contributed by atoms with van der Waals surface area (Å²) in [5, 5.41) is 10.1. The number of benzene rings is 2. The molecule has 2 aromatic carbocycles. The van der Waals surface area contributed by atoms with Crippen LogP contribution in [0.25, 0.3) is 5.69 Å². The third-order valence-electron chi connectivity index (χ3n) is 4.63. The van der Waals surface area contributed by atoms with Crippen LogP contribution in [0.15, 0.2) is 48.7 Å². The molecule has 3 aromatic rings. The van der Waals surface area contributed by atoms with Gasteiger partial charge in [0.25, 0.3) is 0 Å². The molecule has 10 heteroatoms. The fraction of sp³-hybridized carbons (Fsp3) is 0.150. The van der Waals surface area contributed by atoms with Crippen molar-refractivity contribution in [3.63, 3.8) is 0 Å². The summed E-state index contributed by atoms with van der Waals surface area (Å²) in [5.41, 5.74) is 2.13. The lowest BCUT2D eigenvalue weighted by atomic mass is 10.1. The average molecular weight is 409 g/mol. The highest BCUT2D eigenvalue weighted by atomic mass is 19.1. The van der Waals surface area contributed by atoms with E-state index >= 15 is 0 Å². The lowest BCUT2D eigenvalue weighted by Gasteiger charge is -2.17. The van der Waals surface area contributed by atoms with E-state index < -0.39 is 17.8 Å². The van der Waals surface area contributed by atoms with Gasteiger partial charge in [-0.3, -0.25) is 9.59 Å². The lowest BCUT2D eigenvalue weighted by Crippen LogP contribution is -2.38. The number of halogens is 1. The molecular weight excluding hydrogens is 393 g/mol. The van der Waals surface area contributed by atoms with Crippen molar-refractivity contribution in [2.24, 2.45) is 0 Å². The molecule has 0 aliphatic carbocycles. The third kappa shape index (κ3) is 3.62. The van der Waals surface area contributed by atoms with Gasteiger partial charge in [0.1, 0.15) is 5.82 Å². The minimum atomic E-state index is -0.821. The number of nitrogens with zero attached hydrogens (tertiary/aromatic N) is 4. The number of fused-ring (bicyclic) bond motifs is 1. The molecule has 1 aliphatic heterocycles. The maximum absolute atomic E-state index is 13.4. The van der Waals surface area contributed by atoms with Crippen LogP contribution in [0.3, 0.4) is 0 Å². The number of amides is 2. The molecule has 1 N–H and O–H groups in total. The number of anilines is 2. The maximum Gasteiger partial charge on any atom is 0.360 e. The number of hydrogen-bond donors (Lipinski definition) is 1. The topological polar surface area (TPSA) is 106 Å². The standard InChI is InChI=1S/C20H16FN5O4/c1-30-20(29)16-11-26(24-23-16)15-4-2-3-14(10-15)22-18(27)19(28)25-8-7-12-9-13(21)5-6-17(12)25/h2-6,9-11H,7-8H2,1H3,(H,22,27). The lowest BCUT2D eigenvalue weighted by molar-refractivity contribution is -0.134. The van der Waals surface area contributed by atoms with E-state index in [0.29, 0.717) is 35.6 Å². The summed E-state index contributed by atoms with van der Waals surface area (Å²) < 4.78 is 19.3. The molecule has 4 rings (SSSR count). The number of carbonyl (C=O) groups excluding carboxylic acids is 3. The number of ether oxygens (including phenoxy) is 1. The first-order chi connectivity index (χ1) is 14.5. The molecule has 0 saturated carbocycles. The van der Waals surface area contributed by atoms with Crippen molar-refractivity contribution in [2.75, 3.05) is 23.9 Å². The zero-order chi connectivity index (χ0) is 21.3. The summed E-state index contributed by atoms with van der Waals surface area (Å²) in [7, 11) is 1.24. The fourth-order valence-electron chi connectivity index (χ4n) is 3.20. The van der Waals surface area contributed by atoms with Crippen LogP contribution in [0.5, 0.6) is 0 Å². The van der Waals surface area contributed by atoms with E-state index in [1.54, 1.807) is 24.3 Å². The van der Waals surface area contributed by atoms with Crippen molar-refractivity contribution in [2.45, 2.75) is 6.42 Å². The first-order valence-electron chi connectivity index (χ1n) is 8.98. The highest BCUT2D eigenvalue weighted by Crippen LogP contribution is 2.28. The van der Waals surface area contributed by atoms with Gasteiger partial charge < -0.3 is 15.0 Å². The number of esters is 1. The first-order valence-corrected chi connectivity index (χ1v) is 8.98. The fourth-order valence-corrected chi connectivity index (χ4v) is 3.20. The van der Waals surface area contributed by atoms with Gasteiger partial charge in [-0.15, -0.1) is 5.10 Å². The minimum absolute atomic E-state index is 0.0336. The number of hydrogen-bond acceptors (Lipinski definition) is 6. The van der Waals surface area contributed by atoms with E-state index in [1.807, 2.05) is 0 Å². The molecule has 152 valence electrons. The van der Waals surface area contributed by atoms with Gasteiger partial charge in [-0.05, 0) is 48.4 Å². The van der Waals surface area contributed by atoms with Crippen molar-refractivity contribution in [3.8, 4) is 5.69 Å². The van der Waals surface area contributed by atoms with Gasteiger partial charge >= 0.3 is 17.8 Å². The van der Waals surface area contributed by atoms with Crippen molar-refractivity contribution >= 4 is 29.2 Å². The van der Waals surface area contributed by atoms with Crippen LogP contribution in [0.2, 0.25) is 0 Å². The molecule has 30 heavy (non-hydrogen) atoms. The van der Waals surface area contributed by atoms with Gasteiger partial charge in [0.15, 0.2) is 5.69 Å². The van der Waals surface area contributed by atoms with Crippen molar-refractivity contribution in [1.29, 1.82) is 0 Å². The summed E-state index contributed by atoms with van der Waals surface area (Å²) >= 11 is 0. The summed E-state index contributed by atoms with van der Waals surface area (Å²) in [6, 6.07) is 10.7. The minimum Gasteiger partial charge on any atom is -0.464 e. The second kappa shape index (κ2) is 7.74. The molecule has 0 atom stereocenters. The second-order valence-corrected chi connectivity index (χ2v) is 6.52. The third-order valence-corrected chi connectivity index (χ3v) is 4.63. The Morgan fingerprint density at radius 1 is 1.17 bits per heavy atom. The summed E-state index contributed by atoms with van der Waals surface area (Å²) in [6.45, 7) is 0.306. The molecule has 0 bridgehead atoms. The Kier molecular flexibility index (Phi) is 4.97. The zero-order valence-corrected chi connectivity index (χ0v) is 15.8. The monoisotopic (exact) mass is 409 g/mol. The highest BCUT2D eigenvalue weighted by Gasteiger charge is 2.29. The SMILES string of the molecule is COC(=O)c1cn(-c2cccc(NC(=O)C(=O)N3CCc4cc(F)ccc43)c2)nn1. The van der Waals surface area contributed by atoms with E-state index in [2.05, 4.69) is 20.4 Å². The molecule has 1 aromatic heterocycles. The molecule has 0 saturated heterocycles. The van der Waals surface area contributed by atoms with Crippen LogP contribution in [0.1, 0.15) is 16.1 Å². The van der Waals surface area contributed by atoms with Gasteiger partial charge in [0.05, 0.1) is 19.0 Å². The Balaban J connectivity index is 1.49. The number of carbonyl (C=O) groups is 3. The number of aromatic nitrogens is 3. The predicted octanol–water partition coefficient (Wildman–Crippen LogP) is 1.72. The smallest absolute Gasteiger partial charge is 0.360 e. The van der Waals surface area contributed by atoms with E-state index in [9.17, 15) is 18.8 Å². The molecule has 2 heterocycles. The molecule has 2 amide bonds. The second-order valence-electron chi connectivity index (χ2n) is 6.52. The van der Waals surface area contributed by atoms with Crippen molar-refractivity contribution in [3.05, 3.63) is 65.7 Å². The van der Waals surface area contributed by atoms with Gasteiger partial charge in [-0.2, -0.15) is 0 Å². The van der Waals surface area contributed by atoms with Gasteiger partial charge in [-0.1, -0.05) is 11.3 Å². The summed E-state index contributed by atoms with van der Waals surface area (Å²) in [5.74, 6) is -2.56. The van der Waals surface area contributed by atoms with Crippen LogP contribution in [-0.2, 0) is 20.7 Å².